The maximum Gasteiger partial charge on any atom is 0.257 e. The summed E-state index contributed by atoms with van der Waals surface area (Å²) in [7, 11) is 0. The highest BCUT2D eigenvalue weighted by Gasteiger charge is 2.11. The minimum atomic E-state index is -0.372. The van der Waals surface area contributed by atoms with E-state index in [1.807, 2.05) is 0 Å². The van der Waals surface area contributed by atoms with Crippen LogP contribution in [0.3, 0.4) is 0 Å². The van der Waals surface area contributed by atoms with Crippen LogP contribution in [0.15, 0.2) is 34.9 Å². The van der Waals surface area contributed by atoms with Gasteiger partial charge in [-0.3, -0.25) is 4.79 Å². The van der Waals surface area contributed by atoms with E-state index < -0.39 is 0 Å². The zero-order valence-electron chi connectivity index (χ0n) is 9.95. The average Bonchev–Trinajstić information content (AvgIpc) is 2.42. The van der Waals surface area contributed by atoms with Crippen LogP contribution in [0.5, 0.6) is 0 Å². The molecule has 0 radical (unpaired) electrons. The zero-order valence-corrected chi connectivity index (χ0v) is 13.1. The van der Waals surface area contributed by atoms with Crippen molar-refractivity contribution >= 4 is 56.5 Å². The number of pyridine rings is 1. The Labute approximate surface area is 133 Å². The van der Waals surface area contributed by atoms with Gasteiger partial charge in [-0.2, -0.15) is 0 Å². The molecule has 0 aliphatic carbocycles. The van der Waals surface area contributed by atoms with Crippen LogP contribution in [0, 0.1) is 0 Å². The molecule has 5 nitrogen and oxygen atoms in total. The summed E-state index contributed by atoms with van der Waals surface area (Å²) in [5, 5.41) is 3.36. The van der Waals surface area contributed by atoms with Crippen LogP contribution in [0.25, 0.3) is 0 Å². The predicted octanol–water partition coefficient (Wildman–Crippen LogP) is 3.69. The van der Waals surface area contributed by atoms with Crippen molar-refractivity contribution in [3.63, 3.8) is 0 Å². The molecule has 0 fully saturated rings. The van der Waals surface area contributed by atoms with Gasteiger partial charge in [0.1, 0.15) is 0 Å². The fourth-order valence-corrected chi connectivity index (χ4v) is 2.20. The highest BCUT2D eigenvalue weighted by Crippen LogP contribution is 2.26. The number of hydrazine groups is 1. The first-order chi connectivity index (χ1) is 9.51. The van der Waals surface area contributed by atoms with Crippen LogP contribution < -0.4 is 16.6 Å². The van der Waals surface area contributed by atoms with Gasteiger partial charge >= 0.3 is 0 Å². The molecule has 8 heteroatoms. The minimum Gasteiger partial charge on any atom is -0.321 e. The molecular formula is C12H9BrCl2N4O. The second-order valence-corrected chi connectivity index (χ2v) is 5.51. The van der Waals surface area contributed by atoms with Crippen LogP contribution in [0.1, 0.15) is 10.4 Å². The highest BCUT2D eigenvalue weighted by atomic mass is 79.9. The van der Waals surface area contributed by atoms with Crippen molar-refractivity contribution in [1.29, 1.82) is 0 Å². The molecule has 0 aliphatic rings. The zero-order chi connectivity index (χ0) is 14.7. The lowest BCUT2D eigenvalue weighted by Crippen LogP contribution is -2.14. The Balaban J connectivity index is 2.24. The van der Waals surface area contributed by atoms with E-state index in [9.17, 15) is 4.79 Å². The molecule has 2 rings (SSSR count). The van der Waals surface area contributed by atoms with E-state index in [2.05, 4.69) is 31.7 Å². The number of nitrogens with one attached hydrogen (secondary N) is 2. The third-order valence-corrected chi connectivity index (χ3v) is 3.53. The first kappa shape index (κ1) is 15.1. The summed E-state index contributed by atoms with van der Waals surface area (Å²) in [6.45, 7) is 0. The average molecular weight is 376 g/mol. The summed E-state index contributed by atoms with van der Waals surface area (Å²) in [4.78, 5) is 16.0. The maximum atomic E-state index is 12.1. The number of rotatable bonds is 3. The molecule has 1 amide bonds. The smallest absolute Gasteiger partial charge is 0.257 e. The molecule has 0 saturated carbocycles. The second kappa shape index (κ2) is 6.41. The summed E-state index contributed by atoms with van der Waals surface area (Å²) in [6.07, 6.45) is 1.36. The van der Waals surface area contributed by atoms with Gasteiger partial charge in [-0.15, -0.1) is 0 Å². The van der Waals surface area contributed by atoms with E-state index in [1.54, 1.807) is 18.2 Å². The largest absolute Gasteiger partial charge is 0.321 e. The fourth-order valence-electron chi connectivity index (χ4n) is 1.46. The van der Waals surface area contributed by atoms with E-state index in [-0.39, 0.29) is 10.9 Å². The van der Waals surface area contributed by atoms with Crippen molar-refractivity contribution in [3.05, 3.63) is 50.5 Å². The normalized spacial score (nSPS) is 10.2. The van der Waals surface area contributed by atoms with Crippen molar-refractivity contribution < 1.29 is 4.79 Å². The van der Waals surface area contributed by atoms with Gasteiger partial charge in [0.2, 0.25) is 0 Å². The van der Waals surface area contributed by atoms with Gasteiger partial charge in [0.05, 0.1) is 21.3 Å². The molecule has 104 valence electrons. The standard InChI is InChI=1S/C12H9BrCl2N4O/c13-7-1-2-8(14)10(4-7)18-12(20)6-3-9(15)11(19-16)17-5-6/h1-5H,16H2,(H,17,19)(H,18,20). The number of carbonyl (C=O) groups excluding carboxylic acids is 1. The van der Waals surface area contributed by atoms with E-state index in [1.165, 1.54) is 12.3 Å². The summed E-state index contributed by atoms with van der Waals surface area (Å²) >= 11 is 15.2. The Morgan fingerprint density at radius 1 is 1.25 bits per heavy atom. The molecule has 2 aromatic rings. The Bertz CT molecular complexity index is 666. The summed E-state index contributed by atoms with van der Waals surface area (Å²) in [5.74, 6) is 5.14. The van der Waals surface area contributed by atoms with Gasteiger partial charge in [0.25, 0.3) is 5.91 Å². The van der Waals surface area contributed by atoms with E-state index >= 15 is 0 Å². The Kier molecular flexibility index (Phi) is 4.82. The number of benzene rings is 1. The lowest BCUT2D eigenvalue weighted by atomic mass is 10.2. The summed E-state index contributed by atoms with van der Waals surface area (Å²) in [6, 6.07) is 6.61. The molecule has 0 atom stereocenters. The quantitative estimate of drug-likeness (QED) is 0.564. The Morgan fingerprint density at radius 2 is 2.00 bits per heavy atom. The molecule has 20 heavy (non-hydrogen) atoms. The monoisotopic (exact) mass is 374 g/mol. The predicted molar refractivity (Wildman–Crippen MR) is 84.2 cm³/mol. The third kappa shape index (κ3) is 3.40. The number of amides is 1. The van der Waals surface area contributed by atoms with Crippen LogP contribution in [-0.4, -0.2) is 10.9 Å². The number of anilines is 2. The van der Waals surface area contributed by atoms with Gasteiger partial charge < -0.3 is 10.7 Å². The van der Waals surface area contributed by atoms with Gasteiger partial charge in [-0.05, 0) is 24.3 Å². The van der Waals surface area contributed by atoms with Crippen molar-refractivity contribution in [2.45, 2.75) is 0 Å². The first-order valence-corrected chi connectivity index (χ1v) is 6.94. The minimum absolute atomic E-state index is 0.250. The van der Waals surface area contributed by atoms with Crippen LogP contribution in [0.2, 0.25) is 10.0 Å². The Morgan fingerprint density at radius 3 is 2.65 bits per heavy atom. The molecule has 0 bridgehead atoms. The third-order valence-electron chi connectivity index (χ3n) is 2.42. The molecule has 0 spiro atoms. The van der Waals surface area contributed by atoms with Crippen LogP contribution in [-0.2, 0) is 0 Å². The molecule has 0 aliphatic heterocycles. The van der Waals surface area contributed by atoms with Crippen molar-refractivity contribution in [3.8, 4) is 0 Å². The molecule has 0 unspecified atom stereocenters. The van der Waals surface area contributed by atoms with Crippen molar-refractivity contribution in [1.82, 2.24) is 4.98 Å². The SMILES string of the molecule is NNc1ncc(C(=O)Nc2cc(Br)ccc2Cl)cc1Cl. The van der Waals surface area contributed by atoms with Gasteiger partial charge in [-0.25, -0.2) is 10.8 Å². The van der Waals surface area contributed by atoms with E-state index in [0.29, 0.717) is 22.1 Å². The van der Waals surface area contributed by atoms with Crippen LogP contribution >= 0.6 is 39.1 Å². The second-order valence-electron chi connectivity index (χ2n) is 3.78. The van der Waals surface area contributed by atoms with Gasteiger partial charge in [0.15, 0.2) is 5.82 Å². The molecular weight excluding hydrogens is 367 g/mol. The maximum absolute atomic E-state index is 12.1. The fraction of sp³-hybridized carbons (Fsp3) is 0. The van der Waals surface area contributed by atoms with Crippen molar-refractivity contribution in [2.24, 2.45) is 5.84 Å². The molecule has 1 heterocycles. The summed E-state index contributed by atoms with van der Waals surface area (Å²) in [5.41, 5.74) is 3.11. The van der Waals surface area contributed by atoms with Gasteiger partial charge in [-0.1, -0.05) is 39.1 Å². The molecule has 1 aromatic heterocycles. The summed E-state index contributed by atoms with van der Waals surface area (Å²) < 4.78 is 0.802. The lowest BCUT2D eigenvalue weighted by Gasteiger charge is -2.09. The molecule has 4 N–H and O–H groups in total. The molecule has 0 saturated heterocycles. The highest BCUT2D eigenvalue weighted by molar-refractivity contribution is 9.10. The van der Waals surface area contributed by atoms with E-state index in [4.69, 9.17) is 29.0 Å². The number of hydrogen-bond donors (Lipinski definition) is 3. The van der Waals surface area contributed by atoms with Crippen molar-refractivity contribution in [2.75, 3.05) is 10.7 Å². The number of hydrogen-bond acceptors (Lipinski definition) is 4. The number of nitrogens with two attached hydrogens (primary N) is 1. The number of nitrogens with zero attached hydrogens (tertiary/aromatic N) is 1. The number of aromatic nitrogens is 1. The van der Waals surface area contributed by atoms with E-state index in [0.717, 1.165) is 4.47 Å². The van der Waals surface area contributed by atoms with Crippen LogP contribution in [0.4, 0.5) is 11.5 Å². The number of halogens is 3. The topological polar surface area (TPSA) is 80.0 Å². The first-order valence-electron chi connectivity index (χ1n) is 5.40. The number of carbonyl (C=O) groups is 1. The lowest BCUT2D eigenvalue weighted by molar-refractivity contribution is 0.102. The Hall–Kier alpha value is -1.34. The van der Waals surface area contributed by atoms with Gasteiger partial charge in [0, 0.05) is 10.7 Å². The number of nitrogen functional groups attached to an aromatic ring is 1. The molecule has 1 aromatic carbocycles.